The number of ether oxygens (including phenoxy) is 5. The van der Waals surface area contributed by atoms with Crippen molar-refractivity contribution in [3.63, 3.8) is 0 Å². The second-order valence-corrected chi connectivity index (χ2v) is 7.83. The molecule has 1 fully saturated rings. The molecule has 1 aliphatic rings. The lowest BCUT2D eigenvalue weighted by atomic mass is 9.99. The van der Waals surface area contributed by atoms with Crippen LogP contribution in [0.1, 0.15) is 0 Å². The second kappa shape index (κ2) is 10.3. The highest BCUT2D eigenvalue weighted by atomic mass is 17.2. The van der Waals surface area contributed by atoms with Crippen molar-refractivity contribution >= 4 is 21.9 Å². The number of aliphatic hydroxyl groups excluding tert-OH is 4. The van der Waals surface area contributed by atoms with E-state index in [-0.39, 0.29) is 50.7 Å². The first-order valence-corrected chi connectivity index (χ1v) is 10.7. The van der Waals surface area contributed by atoms with E-state index in [4.69, 9.17) is 37.9 Å². The van der Waals surface area contributed by atoms with Gasteiger partial charge in [0, 0.05) is 12.1 Å². The van der Waals surface area contributed by atoms with Crippen molar-refractivity contribution in [1.29, 1.82) is 0 Å². The maximum absolute atomic E-state index is 13.4. The van der Waals surface area contributed by atoms with Gasteiger partial charge in [-0.3, -0.25) is 4.79 Å². The molecule has 36 heavy (non-hydrogen) atoms. The molecule has 1 saturated heterocycles. The van der Waals surface area contributed by atoms with Crippen LogP contribution in [0, 0.1) is 0 Å². The van der Waals surface area contributed by atoms with E-state index in [0.29, 0.717) is 0 Å². The molecule has 0 amide bonds. The minimum Gasteiger partial charge on any atom is -0.493 e. The summed E-state index contributed by atoms with van der Waals surface area (Å²) >= 11 is 0. The third-order valence-electron chi connectivity index (χ3n) is 5.83. The van der Waals surface area contributed by atoms with Gasteiger partial charge in [0.25, 0.3) is 0 Å². The molecule has 5 unspecified atom stereocenters. The Morgan fingerprint density at radius 3 is 2.08 bits per heavy atom. The Morgan fingerprint density at radius 2 is 1.47 bits per heavy atom. The first-order chi connectivity index (χ1) is 17.3. The molecule has 2 heterocycles. The Hall–Kier alpha value is -3.33. The highest BCUT2D eigenvalue weighted by Gasteiger charge is 2.45. The highest BCUT2D eigenvalue weighted by molar-refractivity contribution is 5.97. The van der Waals surface area contributed by atoms with Crippen LogP contribution in [-0.4, -0.2) is 86.2 Å². The van der Waals surface area contributed by atoms with Gasteiger partial charge in [-0.05, 0) is 6.07 Å². The molecule has 0 spiro atoms. The Balaban J connectivity index is 1.76. The zero-order valence-corrected chi connectivity index (χ0v) is 19.8. The van der Waals surface area contributed by atoms with Crippen molar-refractivity contribution in [3.05, 3.63) is 28.4 Å². The largest absolute Gasteiger partial charge is 0.493 e. The molecule has 5 atom stereocenters. The van der Waals surface area contributed by atoms with E-state index in [2.05, 4.69) is 0 Å². The quantitative estimate of drug-likeness (QED) is 0.182. The molecule has 0 saturated carbocycles. The van der Waals surface area contributed by atoms with Crippen LogP contribution < -0.4 is 29.3 Å². The predicted octanol–water partition coefficient (Wildman–Crippen LogP) is 0.0909. The van der Waals surface area contributed by atoms with Crippen LogP contribution in [0.25, 0.3) is 21.9 Å². The van der Waals surface area contributed by atoms with Crippen LogP contribution in [0.2, 0.25) is 0 Å². The van der Waals surface area contributed by atoms with Crippen molar-refractivity contribution in [3.8, 4) is 28.7 Å². The number of rotatable bonds is 8. The summed E-state index contributed by atoms with van der Waals surface area (Å²) in [4.78, 5) is 23.8. The molecular formula is C23H26O13. The normalized spacial score (nSPS) is 24.1. The summed E-state index contributed by atoms with van der Waals surface area (Å²) < 4.78 is 32.6. The van der Waals surface area contributed by atoms with Crippen LogP contribution in [0.4, 0.5) is 0 Å². The minimum atomic E-state index is -1.69. The van der Waals surface area contributed by atoms with E-state index >= 15 is 0 Å². The molecule has 3 aromatic rings. The summed E-state index contributed by atoms with van der Waals surface area (Å²) in [6, 6.07) is 4.16. The molecule has 4 rings (SSSR count). The smallest absolute Gasteiger partial charge is 0.232 e. The standard InChI is InChI=1S/C23H26O13/c1-29-11-5-9-10(6-12(11)35-36-23-20(28)19(27)18(26)15(8-24)34-23)33-13-7-14(30-2)21(31-3)22(32-4)16(13)17(9)25/h5-7,15,18-20,23-24,26-28H,8H2,1-4H3. The van der Waals surface area contributed by atoms with Gasteiger partial charge in [0.15, 0.2) is 17.2 Å². The number of fused-ring (bicyclic) bond motifs is 2. The second-order valence-electron chi connectivity index (χ2n) is 7.83. The van der Waals surface area contributed by atoms with E-state index in [1.807, 2.05) is 0 Å². The Kier molecular flexibility index (Phi) is 7.40. The molecule has 0 aliphatic carbocycles. The number of aliphatic hydroxyl groups is 4. The van der Waals surface area contributed by atoms with Crippen LogP contribution in [0.15, 0.2) is 27.4 Å². The maximum Gasteiger partial charge on any atom is 0.232 e. The summed E-state index contributed by atoms with van der Waals surface area (Å²) in [7, 11) is 5.56. The Morgan fingerprint density at radius 1 is 0.806 bits per heavy atom. The van der Waals surface area contributed by atoms with Crippen molar-refractivity contribution in [1.82, 2.24) is 0 Å². The molecule has 13 nitrogen and oxygen atoms in total. The molecule has 0 radical (unpaired) electrons. The van der Waals surface area contributed by atoms with Gasteiger partial charge in [-0.15, -0.1) is 0 Å². The van der Waals surface area contributed by atoms with Crippen LogP contribution >= 0.6 is 0 Å². The third kappa shape index (κ3) is 4.25. The fourth-order valence-electron chi connectivity index (χ4n) is 3.96. The first-order valence-electron chi connectivity index (χ1n) is 10.7. The lowest BCUT2D eigenvalue weighted by Gasteiger charge is -2.38. The van der Waals surface area contributed by atoms with Gasteiger partial charge in [-0.1, -0.05) is 0 Å². The molecule has 196 valence electrons. The number of hydrogen-bond donors (Lipinski definition) is 4. The van der Waals surface area contributed by atoms with Crippen LogP contribution in [-0.2, 0) is 9.62 Å². The summed E-state index contributed by atoms with van der Waals surface area (Å²) in [5, 5.41) is 39.6. The zero-order chi connectivity index (χ0) is 26.1. The number of hydrogen-bond acceptors (Lipinski definition) is 13. The van der Waals surface area contributed by atoms with E-state index in [1.165, 1.54) is 46.6 Å². The fourth-order valence-corrected chi connectivity index (χ4v) is 3.96. The summed E-state index contributed by atoms with van der Waals surface area (Å²) in [5.74, 6) is 0.641. The molecule has 4 N–H and O–H groups in total. The fraction of sp³-hybridized carbons (Fsp3) is 0.435. The van der Waals surface area contributed by atoms with E-state index in [1.54, 1.807) is 0 Å². The van der Waals surface area contributed by atoms with Gasteiger partial charge in [0.2, 0.25) is 23.2 Å². The predicted molar refractivity (Wildman–Crippen MR) is 122 cm³/mol. The van der Waals surface area contributed by atoms with Crippen LogP contribution in [0.3, 0.4) is 0 Å². The van der Waals surface area contributed by atoms with Gasteiger partial charge >= 0.3 is 0 Å². The summed E-state index contributed by atoms with van der Waals surface area (Å²) in [6.45, 7) is -0.639. The van der Waals surface area contributed by atoms with Gasteiger partial charge in [0.1, 0.15) is 41.0 Å². The Labute approximate surface area is 203 Å². The Bertz CT molecular complexity index is 1300. The zero-order valence-electron chi connectivity index (χ0n) is 19.8. The monoisotopic (exact) mass is 510 g/mol. The average Bonchev–Trinajstić information content (AvgIpc) is 2.89. The summed E-state index contributed by atoms with van der Waals surface area (Å²) in [6.07, 6.45) is -7.66. The van der Waals surface area contributed by atoms with Crippen molar-refractivity contribution in [2.45, 2.75) is 30.7 Å². The van der Waals surface area contributed by atoms with E-state index in [9.17, 15) is 25.2 Å². The van der Waals surface area contributed by atoms with E-state index in [0.717, 1.165) is 0 Å². The van der Waals surface area contributed by atoms with Crippen molar-refractivity contribution in [2.75, 3.05) is 35.0 Å². The highest BCUT2D eigenvalue weighted by Crippen LogP contribution is 2.43. The number of methoxy groups -OCH3 is 4. The lowest BCUT2D eigenvalue weighted by Crippen LogP contribution is -2.59. The van der Waals surface area contributed by atoms with Crippen LogP contribution in [0.5, 0.6) is 28.7 Å². The molecule has 0 bridgehead atoms. The molecule has 2 aromatic carbocycles. The minimum absolute atomic E-state index is 0.0584. The van der Waals surface area contributed by atoms with Crippen molar-refractivity contribution < 1.29 is 58.3 Å². The maximum atomic E-state index is 13.4. The van der Waals surface area contributed by atoms with Gasteiger partial charge < -0.3 is 53.4 Å². The number of benzene rings is 2. The summed E-state index contributed by atoms with van der Waals surface area (Å²) in [5.41, 5.74) is -0.202. The van der Waals surface area contributed by atoms with Gasteiger partial charge in [-0.25, -0.2) is 0 Å². The van der Waals surface area contributed by atoms with Gasteiger partial charge in [0.05, 0.1) is 40.4 Å². The molecular weight excluding hydrogens is 484 g/mol. The van der Waals surface area contributed by atoms with E-state index < -0.39 is 42.7 Å². The van der Waals surface area contributed by atoms with Crippen molar-refractivity contribution in [2.24, 2.45) is 0 Å². The molecule has 13 heteroatoms. The first kappa shape index (κ1) is 25.8. The SMILES string of the molecule is COc1cc2c(=O)c3c(OC)c(OC)c(OC)cc3oc2cc1OOC1OC(CO)C(O)C(O)C1O. The topological polar surface area (TPSA) is 176 Å². The molecule has 1 aliphatic heterocycles. The third-order valence-corrected chi connectivity index (χ3v) is 5.83. The molecule has 1 aromatic heterocycles. The lowest BCUT2D eigenvalue weighted by molar-refractivity contribution is -0.387. The van der Waals surface area contributed by atoms with Gasteiger partial charge in [-0.2, -0.15) is 4.89 Å². The average molecular weight is 510 g/mol.